The van der Waals surface area contributed by atoms with Gasteiger partial charge in [0.05, 0.1) is 20.5 Å². The van der Waals surface area contributed by atoms with Crippen molar-refractivity contribution in [3.63, 3.8) is 0 Å². The summed E-state index contributed by atoms with van der Waals surface area (Å²) in [6.45, 7) is 4.70. The standard InChI is InChI=1S/C19H26N4O3/c1-25-17-3-4-18(26-2)16(13-17)14-21-9-11-23(12-10-21)19(24)5-7-22-8-6-20-15-22/h3-4,6,8,13,15H,5,7,9-12,14H2,1-2H3. The number of methoxy groups -OCH3 is 2. The molecule has 1 fully saturated rings. The second kappa shape index (κ2) is 8.71. The summed E-state index contributed by atoms with van der Waals surface area (Å²) in [5, 5.41) is 0. The molecule has 0 bridgehead atoms. The fourth-order valence-electron chi connectivity index (χ4n) is 3.20. The molecule has 0 atom stereocenters. The van der Waals surface area contributed by atoms with Gasteiger partial charge in [-0.15, -0.1) is 0 Å². The number of hydrogen-bond donors (Lipinski definition) is 0. The van der Waals surface area contributed by atoms with E-state index in [1.165, 1.54) is 0 Å². The van der Waals surface area contributed by atoms with Crippen LogP contribution < -0.4 is 9.47 Å². The zero-order chi connectivity index (χ0) is 18.4. The van der Waals surface area contributed by atoms with Crippen LogP contribution in [0.1, 0.15) is 12.0 Å². The lowest BCUT2D eigenvalue weighted by molar-refractivity contribution is -0.133. The molecule has 0 unspecified atom stereocenters. The number of amides is 1. The smallest absolute Gasteiger partial charge is 0.224 e. The van der Waals surface area contributed by atoms with Gasteiger partial charge < -0.3 is 18.9 Å². The highest BCUT2D eigenvalue weighted by molar-refractivity contribution is 5.76. The summed E-state index contributed by atoms with van der Waals surface area (Å²) in [6.07, 6.45) is 5.87. The highest BCUT2D eigenvalue weighted by atomic mass is 16.5. The minimum absolute atomic E-state index is 0.206. The van der Waals surface area contributed by atoms with Crippen molar-refractivity contribution in [2.75, 3.05) is 40.4 Å². The first-order valence-corrected chi connectivity index (χ1v) is 8.86. The number of carbonyl (C=O) groups excluding carboxylic acids is 1. The Hall–Kier alpha value is -2.54. The molecule has 7 heteroatoms. The van der Waals surface area contributed by atoms with Crippen molar-refractivity contribution in [3.05, 3.63) is 42.5 Å². The minimum atomic E-state index is 0.206. The van der Waals surface area contributed by atoms with Gasteiger partial charge in [0, 0.05) is 63.6 Å². The monoisotopic (exact) mass is 358 g/mol. The molecule has 1 aliphatic rings. The topological polar surface area (TPSA) is 59.8 Å². The average molecular weight is 358 g/mol. The van der Waals surface area contributed by atoms with Gasteiger partial charge in [0.15, 0.2) is 0 Å². The number of imidazole rings is 1. The van der Waals surface area contributed by atoms with Gasteiger partial charge in [0.25, 0.3) is 0 Å². The zero-order valence-corrected chi connectivity index (χ0v) is 15.4. The number of ether oxygens (including phenoxy) is 2. The van der Waals surface area contributed by atoms with Gasteiger partial charge in [0.2, 0.25) is 5.91 Å². The number of nitrogens with zero attached hydrogens (tertiary/aromatic N) is 4. The van der Waals surface area contributed by atoms with E-state index >= 15 is 0 Å². The summed E-state index contributed by atoms with van der Waals surface area (Å²) in [6, 6.07) is 5.85. The molecule has 2 aromatic rings. The number of piperazine rings is 1. The second-order valence-corrected chi connectivity index (χ2v) is 6.39. The van der Waals surface area contributed by atoms with Crippen LogP contribution in [0, 0.1) is 0 Å². The Morgan fingerprint density at radius 3 is 2.62 bits per heavy atom. The Bertz CT molecular complexity index is 710. The van der Waals surface area contributed by atoms with Crippen molar-refractivity contribution >= 4 is 5.91 Å². The Balaban J connectivity index is 1.50. The highest BCUT2D eigenvalue weighted by Crippen LogP contribution is 2.25. The van der Waals surface area contributed by atoms with Crippen molar-refractivity contribution in [3.8, 4) is 11.5 Å². The van der Waals surface area contributed by atoms with Crippen LogP contribution in [-0.2, 0) is 17.9 Å². The summed E-state index contributed by atoms with van der Waals surface area (Å²) >= 11 is 0. The molecule has 0 radical (unpaired) electrons. The fourth-order valence-corrected chi connectivity index (χ4v) is 3.20. The van der Waals surface area contributed by atoms with E-state index in [0.29, 0.717) is 13.0 Å². The number of carbonyl (C=O) groups is 1. The number of hydrogen-bond acceptors (Lipinski definition) is 5. The maximum atomic E-state index is 12.4. The maximum absolute atomic E-state index is 12.4. The summed E-state index contributed by atoms with van der Waals surface area (Å²) in [5.74, 6) is 1.90. The van der Waals surface area contributed by atoms with Crippen LogP contribution in [0.15, 0.2) is 36.9 Å². The number of aromatic nitrogens is 2. The van der Waals surface area contributed by atoms with Gasteiger partial charge in [-0.2, -0.15) is 0 Å². The first kappa shape index (κ1) is 18.3. The van der Waals surface area contributed by atoms with E-state index in [0.717, 1.165) is 49.8 Å². The van der Waals surface area contributed by atoms with E-state index in [1.54, 1.807) is 26.7 Å². The van der Waals surface area contributed by atoms with Gasteiger partial charge in [0.1, 0.15) is 11.5 Å². The first-order valence-electron chi connectivity index (χ1n) is 8.86. The molecule has 140 valence electrons. The molecular weight excluding hydrogens is 332 g/mol. The third kappa shape index (κ3) is 4.54. The minimum Gasteiger partial charge on any atom is -0.497 e. The van der Waals surface area contributed by atoms with Crippen LogP contribution in [0.25, 0.3) is 0 Å². The number of aryl methyl sites for hydroxylation is 1. The summed E-state index contributed by atoms with van der Waals surface area (Å²) in [4.78, 5) is 20.7. The van der Waals surface area contributed by atoms with Crippen LogP contribution >= 0.6 is 0 Å². The number of rotatable bonds is 7. The Morgan fingerprint density at radius 2 is 1.96 bits per heavy atom. The van der Waals surface area contributed by atoms with Crippen LogP contribution in [0.5, 0.6) is 11.5 Å². The highest BCUT2D eigenvalue weighted by Gasteiger charge is 2.21. The molecule has 1 aromatic carbocycles. The fraction of sp³-hybridized carbons (Fsp3) is 0.474. The van der Waals surface area contributed by atoms with Crippen LogP contribution in [0.3, 0.4) is 0 Å². The Kier molecular flexibility index (Phi) is 6.12. The second-order valence-electron chi connectivity index (χ2n) is 6.39. The van der Waals surface area contributed by atoms with Gasteiger partial charge in [-0.3, -0.25) is 9.69 Å². The van der Waals surface area contributed by atoms with E-state index in [4.69, 9.17) is 9.47 Å². The molecule has 0 N–H and O–H groups in total. The summed E-state index contributed by atoms with van der Waals surface area (Å²) in [7, 11) is 3.35. The summed E-state index contributed by atoms with van der Waals surface area (Å²) < 4.78 is 12.7. The molecule has 0 saturated carbocycles. The van der Waals surface area contributed by atoms with E-state index in [2.05, 4.69) is 9.88 Å². The first-order chi connectivity index (χ1) is 12.7. The van der Waals surface area contributed by atoms with Crippen molar-refractivity contribution in [1.29, 1.82) is 0 Å². The third-order valence-electron chi connectivity index (χ3n) is 4.75. The van der Waals surface area contributed by atoms with Crippen LogP contribution in [-0.4, -0.2) is 65.7 Å². The van der Waals surface area contributed by atoms with Crippen molar-refractivity contribution in [2.24, 2.45) is 0 Å². The predicted molar refractivity (Wildman–Crippen MR) is 98.2 cm³/mol. The quantitative estimate of drug-likeness (QED) is 0.753. The van der Waals surface area contributed by atoms with Gasteiger partial charge in [-0.05, 0) is 18.2 Å². The lowest BCUT2D eigenvalue weighted by Crippen LogP contribution is -2.48. The lowest BCUT2D eigenvalue weighted by Gasteiger charge is -2.35. The Labute approximate surface area is 154 Å². The molecule has 1 amide bonds. The van der Waals surface area contributed by atoms with Gasteiger partial charge in [-0.1, -0.05) is 0 Å². The molecule has 26 heavy (non-hydrogen) atoms. The molecule has 1 saturated heterocycles. The van der Waals surface area contributed by atoms with Crippen LogP contribution in [0.2, 0.25) is 0 Å². The maximum Gasteiger partial charge on any atom is 0.224 e. The van der Waals surface area contributed by atoms with Gasteiger partial charge in [-0.25, -0.2) is 4.98 Å². The average Bonchev–Trinajstić information content (AvgIpc) is 3.20. The normalized spacial score (nSPS) is 15.1. The van der Waals surface area contributed by atoms with E-state index in [1.807, 2.05) is 33.9 Å². The largest absolute Gasteiger partial charge is 0.497 e. The van der Waals surface area contributed by atoms with Crippen molar-refractivity contribution in [1.82, 2.24) is 19.4 Å². The summed E-state index contributed by atoms with van der Waals surface area (Å²) in [5.41, 5.74) is 1.10. The van der Waals surface area contributed by atoms with Crippen LogP contribution in [0.4, 0.5) is 0 Å². The number of benzene rings is 1. The molecule has 7 nitrogen and oxygen atoms in total. The zero-order valence-electron chi connectivity index (χ0n) is 15.4. The predicted octanol–water partition coefficient (Wildman–Crippen LogP) is 1.63. The molecule has 1 aliphatic heterocycles. The van der Waals surface area contributed by atoms with Crippen molar-refractivity contribution in [2.45, 2.75) is 19.5 Å². The van der Waals surface area contributed by atoms with E-state index in [9.17, 15) is 4.79 Å². The Morgan fingerprint density at radius 1 is 1.15 bits per heavy atom. The molecule has 2 heterocycles. The van der Waals surface area contributed by atoms with E-state index in [-0.39, 0.29) is 5.91 Å². The molecule has 0 aliphatic carbocycles. The lowest BCUT2D eigenvalue weighted by atomic mass is 10.1. The molecule has 1 aromatic heterocycles. The molecular formula is C19H26N4O3. The SMILES string of the molecule is COc1ccc(OC)c(CN2CCN(C(=O)CCn3ccnc3)CC2)c1. The van der Waals surface area contributed by atoms with Crippen molar-refractivity contribution < 1.29 is 14.3 Å². The van der Waals surface area contributed by atoms with Gasteiger partial charge >= 0.3 is 0 Å². The third-order valence-corrected chi connectivity index (χ3v) is 4.75. The van der Waals surface area contributed by atoms with E-state index < -0.39 is 0 Å². The molecule has 3 rings (SSSR count). The molecule has 0 spiro atoms.